The summed E-state index contributed by atoms with van der Waals surface area (Å²) in [7, 11) is 0. The molecule has 0 saturated carbocycles. The lowest BCUT2D eigenvalue weighted by Crippen LogP contribution is -2.37. The normalized spacial score (nSPS) is 11.2. The van der Waals surface area contributed by atoms with Gasteiger partial charge in [-0.1, -0.05) is 20.8 Å². The van der Waals surface area contributed by atoms with Crippen LogP contribution in [0.3, 0.4) is 0 Å². The van der Waals surface area contributed by atoms with Crippen LogP contribution in [0.5, 0.6) is 5.75 Å². The lowest BCUT2D eigenvalue weighted by Gasteiger charge is -2.23. The predicted octanol–water partition coefficient (Wildman–Crippen LogP) is 2.34. The highest BCUT2D eigenvalue weighted by Crippen LogP contribution is 2.25. The molecule has 0 aromatic heterocycles. The number of phenols is 1. The number of carboxylic acids is 1. The van der Waals surface area contributed by atoms with Gasteiger partial charge >= 0.3 is 5.97 Å². The molecule has 0 spiro atoms. The minimum absolute atomic E-state index is 0.0699. The van der Waals surface area contributed by atoms with E-state index in [0.717, 1.165) is 0 Å². The second kappa shape index (κ2) is 6.65. The lowest BCUT2D eigenvalue weighted by molar-refractivity contribution is -0.136. The number of aromatic hydroxyl groups is 1. The number of hydrogen-bond donors (Lipinski definition) is 2. The van der Waals surface area contributed by atoms with Gasteiger partial charge in [-0.05, 0) is 24.3 Å². The van der Waals surface area contributed by atoms with Gasteiger partial charge in [0.1, 0.15) is 12.3 Å². The van der Waals surface area contributed by atoms with E-state index < -0.39 is 12.5 Å². The van der Waals surface area contributed by atoms with Crippen LogP contribution in [-0.2, 0) is 9.59 Å². The second-order valence-corrected chi connectivity index (χ2v) is 7.09. The second-order valence-electron chi connectivity index (χ2n) is 5.29. The number of phenolic OH excluding ortho intramolecular Hbond substituents is 1. The third-order valence-corrected chi connectivity index (χ3v) is 3.64. The zero-order valence-electron chi connectivity index (χ0n) is 11.8. The first-order valence-electron chi connectivity index (χ1n) is 6.14. The van der Waals surface area contributed by atoms with Gasteiger partial charge in [0.05, 0.1) is 5.75 Å². The Morgan fingerprint density at radius 1 is 1.20 bits per heavy atom. The van der Waals surface area contributed by atoms with Crippen molar-refractivity contribution in [2.24, 2.45) is 0 Å². The molecule has 110 valence electrons. The molecular formula is C14H19NO4S. The number of aliphatic carboxylic acids is 1. The van der Waals surface area contributed by atoms with Crippen molar-refractivity contribution in [3.05, 3.63) is 24.3 Å². The first kappa shape index (κ1) is 16.4. The third-order valence-electron chi connectivity index (χ3n) is 2.38. The Balaban J connectivity index is 2.86. The average molecular weight is 297 g/mol. The van der Waals surface area contributed by atoms with Crippen molar-refractivity contribution in [3.8, 4) is 5.75 Å². The van der Waals surface area contributed by atoms with E-state index >= 15 is 0 Å². The van der Waals surface area contributed by atoms with Crippen molar-refractivity contribution in [3.63, 3.8) is 0 Å². The Morgan fingerprint density at radius 3 is 2.20 bits per heavy atom. The summed E-state index contributed by atoms with van der Waals surface area (Å²) in [6, 6.07) is 5.90. The van der Waals surface area contributed by atoms with Crippen molar-refractivity contribution in [1.29, 1.82) is 0 Å². The molecule has 0 saturated heterocycles. The topological polar surface area (TPSA) is 77.8 Å². The van der Waals surface area contributed by atoms with Crippen LogP contribution in [0, 0.1) is 0 Å². The highest BCUT2D eigenvalue weighted by molar-refractivity contribution is 8.01. The van der Waals surface area contributed by atoms with Crippen LogP contribution >= 0.6 is 11.8 Å². The van der Waals surface area contributed by atoms with Crippen molar-refractivity contribution >= 4 is 29.3 Å². The Labute approximate surface area is 122 Å². The number of carboxylic acid groups (broad SMARTS) is 1. The van der Waals surface area contributed by atoms with Gasteiger partial charge < -0.3 is 15.1 Å². The molecule has 1 aromatic carbocycles. The van der Waals surface area contributed by atoms with Crippen LogP contribution in [-0.4, -0.2) is 39.1 Å². The quantitative estimate of drug-likeness (QED) is 0.872. The number of nitrogens with zero attached hydrogens (tertiary/aromatic N) is 1. The number of anilines is 1. The highest BCUT2D eigenvalue weighted by atomic mass is 32.2. The molecule has 0 radical (unpaired) electrons. The summed E-state index contributed by atoms with van der Waals surface area (Å²) < 4.78 is -0.0699. The Kier molecular flexibility index (Phi) is 5.44. The van der Waals surface area contributed by atoms with Crippen LogP contribution in [0.1, 0.15) is 20.8 Å². The minimum atomic E-state index is -1.08. The van der Waals surface area contributed by atoms with Crippen LogP contribution in [0.4, 0.5) is 5.69 Å². The molecule has 0 fully saturated rings. The van der Waals surface area contributed by atoms with Crippen molar-refractivity contribution in [2.75, 3.05) is 17.2 Å². The summed E-state index contributed by atoms with van der Waals surface area (Å²) in [6.45, 7) is 5.58. The van der Waals surface area contributed by atoms with Gasteiger partial charge in [-0.25, -0.2) is 0 Å². The van der Waals surface area contributed by atoms with Crippen molar-refractivity contribution < 1.29 is 19.8 Å². The maximum Gasteiger partial charge on any atom is 0.323 e. The van der Waals surface area contributed by atoms with Gasteiger partial charge in [0, 0.05) is 10.4 Å². The molecule has 5 nitrogen and oxygen atoms in total. The molecule has 20 heavy (non-hydrogen) atoms. The zero-order chi connectivity index (χ0) is 15.3. The summed E-state index contributed by atoms with van der Waals surface area (Å²) >= 11 is 1.46. The van der Waals surface area contributed by atoms with E-state index in [1.54, 1.807) is 0 Å². The van der Waals surface area contributed by atoms with E-state index in [0.29, 0.717) is 5.69 Å². The molecule has 0 unspecified atom stereocenters. The maximum absolute atomic E-state index is 12.2. The fourth-order valence-electron chi connectivity index (χ4n) is 1.45. The van der Waals surface area contributed by atoms with E-state index in [-0.39, 0.29) is 22.2 Å². The number of carbonyl (C=O) groups excluding carboxylic acids is 1. The lowest BCUT2D eigenvalue weighted by atomic mass is 10.2. The van der Waals surface area contributed by atoms with Gasteiger partial charge in [-0.3, -0.25) is 9.59 Å². The van der Waals surface area contributed by atoms with Gasteiger partial charge in [0.15, 0.2) is 0 Å². The first-order chi connectivity index (χ1) is 9.19. The molecule has 1 aromatic rings. The predicted molar refractivity (Wildman–Crippen MR) is 80.3 cm³/mol. The molecule has 0 heterocycles. The van der Waals surface area contributed by atoms with Crippen LogP contribution < -0.4 is 4.90 Å². The van der Waals surface area contributed by atoms with E-state index in [9.17, 15) is 14.7 Å². The third kappa shape index (κ3) is 5.52. The smallest absolute Gasteiger partial charge is 0.323 e. The number of thioether (sulfide) groups is 1. The van der Waals surface area contributed by atoms with Gasteiger partial charge in [0.25, 0.3) is 0 Å². The number of hydrogen-bond acceptors (Lipinski definition) is 4. The standard InChI is InChI=1S/C14H19NO4S/c1-14(2,3)20-9-12(17)15(8-13(18)19)10-4-6-11(16)7-5-10/h4-7,16H,8-9H2,1-3H3,(H,18,19). The van der Waals surface area contributed by atoms with Crippen LogP contribution in [0.2, 0.25) is 0 Å². The van der Waals surface area contributed by atoms with Gasteiger partial charge in [-0.2, -0.15) is 0 Å². The number of amides is 1. The summed E-state index contributed by atoms with van der Waals surface area (Å²) in [5.41, 5.74) is 0.463. The monoisotopic (exact) mass is 297 g/mol. The molecular weight excluding hydrogens is 278 g/mol. The van der Waals surface area contributed by atoms with Crippen molar-refractivity contribution in [2.45, 2.75) is 25.5 Å². The van der Waals surface area contributed by atoms with Crippen LogP contribution in [0.25, 0.3) is 0 Å². The molecule has 0 bridgehead atoms. The number of benzene rings is 1. The summed E-state index contributed by atoms with van der Waals surface area (Å²) in [5.74, 6) is -1.07. The van der Waals surface area contributed by atoms with E-state index in [1.807, 2.05) is 20.8 Å². The molecule has 2 N–H and O–H groups in total. The first-order valence-corrected chi connectivity index (χ1v) is 7.13. The van der Waals surface area contributed by atoms with Crippen molar-refractivity contribution in [1.82, 2.24) is 0 Å². The Hall–Kier alpha value is -1.69. The van der Waals surface area contributed by atoms with Gasteiger partial charge in [-0.15, -0.1) is 11.8 Å². The fourth-order valence-corrected chi connectivity index (χ4v) is 2.16. The fraction of sp³-hybridized carbons (Fsp3) is 0.429. The summed E-state index contributed by atoms with van der Waals surface area (Å²) in [5, 5.41) is 18.2. The highest BCUT2D eigenvalue weighted by Gasteiger charge is 2.21. The Morgan fingerprint density at radius 2 is 1.75 bits per heavy atom. The molecule has 0 aliphatic carbocycles. The molecule has 0 aliphatic heterocycles. The molecule has 0 atom stereocenters. The van der Waals surface area contributed by atoms with E-state index in [4.69, 9.17) is 5.11 Å². The summed E-state index contributed by atoms with van der Waals surface area (Å²) in [4.78, 5) is 24.3. The average Bonchev–Trinajstić information content (AvgIpc) is 2.33. The number of rotatable bonds is 5. The SMILES string of the molecule is CC(C)(C)SCC(=O)N(CC(=O)O)c1ccc(O)cc1. The van der Waals surface area contributed by atoms with E-state index in [1.165, 1.54) is 40.9 Å². The minimum Gasteiger partial charge on any atom is -0.508 e. The van der Waals surface area contributed by atoms with E-state index in [2.05, 4.69) is 0 Å². The Bertz CT molecular complexity index is 479. The van der Waals surface area contributed by atoms with Gasteiger partial charge in [0.2, 0.25) is 5.91 Å². The molecule has 1 rings (SSSR count). The molecule has 0 aliphatic rings. The largest absolute Gasteiger partial charge is 0.508 e. The zero-order valence-corrected chi connectivity index (χ0v) is 12.6. The van der Waals surface area contributed by atoms with Crippen LogP contribution in [0.15, 0.2) is 24.3 Å². The molecule has 1 amide bonds. The number of carbonyl (C=O) groups is 2. The molecule has 6 heteroatoms. The maximum atomic E-state index is 12.2. The summed E-state index contributed by atoms with van der Waals surface area (Å²) in [6.07, 6.45) is 0.